The number of nitrogens with one attached hydrogen (secondary N) is 3. The van der Waals surface area contributed by atoms with Gasteiger partial charge in [0.15, 0.2) is 5.82 Å². The Bertz CT molecular complexity index is 1870. The van der Waals surface area contributed by atoms with Crippen LogP contribution < -0.4 is 26.6 Å². The van der Waals surface area contributed by atoms with Crippen LogP contribution in [-0.4, -0.2) is 134 Å². The number of hydrogen-bond donors (Lipinski definition) is 6. The number of aliphatic hydroxyl groups is 1. The van der Waals surface area contributed by atoms with Crippen LogP contribution in [0.5, 0.6) is 5.75 Å². The Balaban J connectivity index is 0.757. The minimum atomic E-state index is -0.738. The molecule has 0 saturated carbocycles. The molecular weight excluding hydrogens is 740 g/mol. The molecule has 2 fully saturated rings. The highest BCUT2D eigenvalue weighted by atomic mass is 16.6. The molecule has 0 aliphatic carbocycles. The molecule has 3 aliphatic heterocycles. The van der Waals surface area contributed by atoms with E-state index in [0.717, 1.165) is 18.5 Å². The van der Waals surface area contributed by atoms with Crippen LogP contribution in [0.3, 0.4) is 0 Å². The summed E-state index contributed by atoms with van der Waals surface area (Å²) < 4.78 is 22.1. The summed E-state index contributed by atoms with van der Waals surface area (Å²) in [7, 11) is 0. The number of rotatable bonds is 20. The maximum absolute atomic E-state index is 13.0. The molecule has 2 saturated heterocycles. The molecule has 3 aliphatic rings. The lowest BCUT2D eigenvalue weighted by Crippen LogP contribution is -2.52. The topological polar surface area (TPSA) is 240 Å². The molecule has 57 heavy (non-hydrogen) atoms. The third kappa shape index (κ3) is 11.0. The second-order valence-corrected chi connectivity index (χ2v) is 13.9. The van der Waals surface area contributed by atoms with Gasteiger partial charge in [-0.3, -0.25) is 29.8 Å². The van der Waals surface area contributed by atoms with Crippen molar-refractivity contribution in [3.63, 3.8) is 0 Å². The second-order valence-electron chi connectivity index (χ2n) is 13.9. The van der Waals surface area contributed by atoms with Crippen molar-refractivity contribution in [3.8, 4) is 17.0 Å². The number of nitrogens with two attached hydrogens (primary N) is 1. The van der Waals surface area contributed by atoms with Crippen LogP contribution in [0.15, 0.2) is 48.5 Å². The van der Waals surface area contributed by atoms with Gasteiger partial charge in [0.25, 0.3) is 5.91 Å². The maximum atomic E-state index is 13.0. The Hall–Kier alpha value is -5.24. The van der Waals surface area contributed by atoms with E-state index >= 15 is 0 Å². The van der Waals surface area contributed by atoms with Crippen LogP contribution in [0, 0.1) is 5.92 Å². The minimum absolute atomic E-state index is 0.0747. The van der Waals surface area contributed by atoms with Gasteiger partial charge in [-0.05, 0) is 49.6 Å². The first-order valence-corrected chi connectivity index (χ1v) is 19.1. The van der Waals surface area contributed by atoms with E-state index in [1.807, 2.05) is 12.1 Å². The molecule has 3 aromatic rings. The fourth-order valence-corrected chi connectivity index (χ4v) is 7.08. The lowest BCUT2D eigenvalue weighted by atomic mass is 9.94. The molecule has 1 aromatic heterocycles. The van der Waals surface area contributed by atoms with E-state index in [2.05, 4.69) is 31.0 Å². The van der Waals surface area contributed by atoms with Crippen molar-refractivity contribution in [3.05, 3.63) is 59.7 Å². The number of fused-ring (bicyclic) bond motifs is 1. The standard InChI is InChI=1S/C39H50N8O10/c40-36-32(22-30(44-45-36)27-4-1-2-7-33(27)48)46-13-10-25(11-14-46)37(51)41-12-15-54-16-17-55-18-19-56-20-21-57-24-35(50)42-29-6-3-5-26-28(29)23-47(39(26)53)31-8-9-34(49)43-38(31)52/h1-7,22,25,31,37,41,48,51H,8-21,23-24H2,(H2,40,45)(H,42,50)(H,43,49,52). The van der Waals surface area contributed by atoms with Gasteiger partial charge < -0.3 is 50.0 Å². The van der Waals surface area contributed by atoms with Gasteiger partial charge in [0.05, 0.1) is 57.6 Å². The van der Waals surface area contributed by atoms with E-state index in [1.165, 1.54) is 4.90 Å². The number of amides is 4. The van der Waals surface area contributed by atoms with Crippen molar-refractivity contribution < 1.29 is 48.3 Å². The molecule has 18 nitrogen and oxygen atoms in total. The lowest BCUT2D eigenvalue weighted by Gasteiger charge is -2.36. The number of nitrogens with zero attached hydrogens (tertiary/aromatic N) is 4. The summed E-state index contributed by atoms with van der Waals surface area (Å²) in [5.74, 6) is -1.03. The van der Waals surface area contributed by atoms with Gasteiger partial charge in [0, 0.05) is 60.9 Å². The summed E-state index contributed by atoms with van der Waals surface area (Å²) in [4.78, 5) is 53.0. The molecule has 4 heterocycles. The van der Waals surface area contributed by atoms with Crippen LogP contribution in [-0.2, 0) is 39.9 Å². The fourth-order valence-electron chi connectivity index (χ4n) is 7.08. The molecule has 7 N–H and O–H groups in total. The van der Waals surface area contributed by atoms with E-state index in [0.29, 0.717) is 86.6 Å². The fraction of sp³-hybridized carbons (Fsp3) is 0.487. The Labute approximate surface area is 330 Å². The van der Waals surface area contributed by atoms with Crippen molar-refractivity contribution in [1.29, 1.82) is 0 Å². The van der Waals surface area contributed by atoms with E-state index in [4.69, 9.17) is 24.7 Å². The van der Waals surface area contributed by atoms with E-state index in [9.17, 15) is 29.4 Å². The number of carbonyl (C=O) groups is 4. The molecule has 0 bridgehead atoms. The molecule has 306 valence electrons. The number of anilines is 3. The van der Waals surface area contributed by atoms with Crippen molar-refractivity contribution in [1.82, 2.24) is 25.7 Å². The van der Waals surface area contributed by atoms with E-state index < -0.39 is 24.1 Å². The summed E-state index contributed by atoms with van der Waals surface area (Å²) >= 11 is 0. The Morgan fingerprint density at radius 2 is 1.58 bits per heavy atom. The Kier molecular flexibility index (Phi) is 14.7. The number of aromatic nitrogens is 2. The number of para-hydroxylation sites is 1. The van der Waals surface area contributed by atoms with Crippen LogP contribution in [0.2, 0.25) is 0 Å². The number of nitrogen functional groups attached to an aromatic ring is 1. The van der Waals surface area contributed by atoms with Crippen LogP contribution in [0.25, 0.3) is 11.3 Å². The lowest BCUT2D eigenvalue weighted by molar-refractivity contribution is -0.137. The van der Waals surface area contributed by atoms with E-state index in [1.54, 1.807) is 36.4 Å². The largest absolute Gasteiger partial charge is 0.507 e. The Morgan fingerprint density at radius 3 is 2.30 bits per heavy atom. The quantitative estimate of drug-likeness (QED) is 0.0532. The molecule has 0 spiro atoms. The maximum Gasteiger partial charge on any atom is 0.255 e. The van der Waals surface area contributed by atoms with Gasteiger partial charge >= 0.3 is 0 Å². The van der Waals surface area contributed by atoms with Crippen molar-refractivity contribution in [2.24, 2.45) is 5.92 Å². The number of benzene rings is 2. The summed E-state index contributed by atoms with van der Waals surface area (Å²) in [5.41, 5.74) is 9.53. The normalized spacial score (nSPS) is 17.8. The third-order valence-corrected chi connectivity index (χ3v) is 10.1. The van der Waals surface area contributed by atoms with Gasteiger partial charge in [-0.15, -0.1) is 10.2 Å². The van der Waals surface area contributed by atoms with Gasteiger partial charge in [0.1, 0.15) is 24.6 Å². The van der Waals surface area contributed by atoms with E-state index in [-0.39, 0.29) is 62.7 Å². The first-order chi connectivity index (χ1) is 27.7. The molecule has 2 unspecified atom stereocenters. The average molecular weight is 791 g/mol. The molecule has 0 radical (unpaired) electrons. The summed E-state index contributed by atoms with van der Waals surface area (Å²) in [6, 6.07) is 13.1. The zero-order chi connectivity index (χ0) is 40.1. The monoisotopic (exact) mass is 790 g/mol. The number of ether oxygens (including phenoxy) is 4. The smallest absolute Gasteiger partial charge is 0.255 e. The molecular formula is C39H50N8O10. The van der Waals surface area contributed by atoms with Crippen LogP contribution in [0.1, 0.15) is 41.6 Å². The minimum Gasteiger partial charge on any atom is -0.507 e. The molecule has 2 aromatic carbocycles. The molecule has 6 rings (SSSR count). The molecule has 18 heteroatoms. The SMILES string of the molecule is Nc1nnc(-c2ccccc2O)cc1N1CCC(C(O)NCCOCCOCCOCCOCC(=O)Nc2cccc3c2CN(C2CCC(=O)NC2=O)C3=O)CC1. The van der Waals surface area contributed by atoms with Gasteiger partial charge in [0.2, 0.25) is 17.7 Å². The zero-order valence-electron chi connectivity index (χ0n) is 31.7. The third-order valence-electron chi connectivity index (χ3n) is 10.1. The van der Waals surface area contributed by atoms with Gasteiger partial charge in [-0.1, -0.05) is 18.2 Å². The first-order valence-electron chi connectivity index (χ1n) is 19.1. The number of carbonyl (C=O) groups excluding carboxylic acids is 4. The highest BCUT2D eigenvalue weighted by Crippen LogP contribution is 2.34. The van der Waals surface area contributed by atoms with Gasteiger partial charge in [-0.25, -0.2) is 0 Å². The Morgan fingerprint density at radius 1 is 0.895 bits per heavy atom. The van der Waals surface area contributed by atoms with Crippen molar-refractivity contribution in [2.45, 2.75) is 44.5 Å². The first kappa shape index (κ1) is 41.4. The number of phenolic OH excluding ortho intramolecular Hbond substituents is 1. The van der Waals surface area contributed by atoms with Gasteiger partial charge in [-0.2, -0.15) is 0 Å². The molecule has 2 atom stereocenters. The highest BCUT2D eigenvalue weighted by Gasteiger charge is 2.40. The number of phenols is 1. The second kappa shape index (κ2) is 20.3. The predicted octanol–water partition coefficient (Wildman–Crippen LogP) is 1.02. The van der Waals surface area contributed by atoms with Crippen molar-refractivity contribution in [2.75, 3.05) is 88.4 Å². The van der Waals surface area contributed by atoms with Crippen LogP contribution in [0.4, 0.5) is 17.2 Å². The summed E-state index contributed by atoms with van der Waals surface area (Å²) in [5, 5.41) is 37.4. The number of aliphatic hydroxyl groups excluding tert-OH is 1. The molecule has 4 amide bonds. The highest BCUT2D eigenvalue weighted by molar-refractivity contribution is 6.06. The van der Waals surface area contributed by atoms with Crippen LogP contribution >= 0.6 is 0 Å². The number of aromatic hydroxyl groups is 1. The average Bonchev–Trinajstić information content (AvgIpc) is 3.54. The van der Waals surface area contributed by atoms with Crippen molar-refractivity contribution >= 4 is 40.8 Å². The predicted molar refractivity (Wildman–Crippen MR) is 207 cm³/mol. The summed E-state index contributed by atoms with van der Waals surface area (Å²) in [6.07, 6.45) is 1.28. The summed E-state index contributed by atoms with van der Waals surface area (Å²) in [6.45, 7) is 4.20. The number of piperidine rings is 2. The zero-order valence-corrected chi connectivity index (χ0v) is 31.7. The number of hydrogen-bond acceptors (Lipinski definition) is 15. The number of imide groups is 1.